The van der Waals surface area contributed by atoms with Crippen molar-refractivity contribution >= 4 is 11.8 Å². The minimum atomic E-state index is -0.295. The molecule has 8 heteroatoms. The SMILES string of the molecule is C[C@H]1c2nc(C(=O)NCc3ccccn3)cn2CCN1C(=O)c1cccc(O)c1. The van der Waals surface area contributed by atoms with Crippen LogP contribution in [0.2, 0.25) is 0 Å². The van der Waals surface area contributed by atoms with Crippen molar-refractivity contribution in [2.45, 2.75) is 26.1 Å². The molecular formula is C21H21N5O3. The molecule has 0 radical (unpaired) electrons. The quantitative estimate of drug-likeness (QED) is 0.710. The van der Waals surface area contributed by atoms with Crippen LogP contribution in [0.1, 0.15) is 45.3 Å². The Hall–Kier alpha value is -3.68. The third-order valence-electron chi connectivity index (χ3n) is 4.97. The van der Waals surface area contributed by atoms with E-state index in [0.29, 0.717) is 36.7 Å². The number of hydrogen-bond acceptors (Lipinski definition) is 5. The van der Waals surface area contributed by atoms with Crippen molar-refractivity contribution in [3.63, 3.8) is 0 Å². The van der Waals surface area contributed by atoms with Crippen molar-refractivity contribution in [2.75, 3.05) is 6.54 Å². The molecule has 1 atom stereocenters. The maximum atomic E-state index is 12.9. The summed E-state index contributed by atoms with van der Waals surface area (Å²) in [6, 6.07) is 11.5. The third-order valence-corrected chi connectivity index (χ3v) is 4.97. The number of hydrogen-bond donors (Lipinski definition) is 2. The van der Waals surface area contributed by atoms with Gasteiger partial charge in [-0.1, -0.05) is 12.1 Å². The first-order chi connectivity index (χ1) is 14.0. The van der Waals surface area contributed by atoms with Gasteiger partial charge in [0.1, 0.15) is 17.3 Å². The summed E-state index contributed by atoms with van der Waals surface area (Å²) in [7, 11) is 0. The van der Waals surface area contributed by atoms with Crippen LogP contribution < -0.4 is 5.32 Å². The number of aromatic hydroxyl groups is 1. The molecular weight excluding hydrogens is 370 g/mol. The molecule has 0 bridgehead atoms. The number of fused-ring (bicyclic) bond motifs is 1. The summed E-state index contributed by atoms with van der Waals surface area (Å²) < 4.78 is 1.91. The Morgan fingerprint density at radius 2 is 2.07 bits per heavy atom. The first-order valence-electron chi connectivity index (χ1n) is 9.38. The molecule has 1 aromatic carbocycles. The Morgan fingerprint density at radius 3 is 2.83 bits per heavy atom. The maximum Gasteiger partial charge on any atom is 0.271 e. The van der Waals surface area contributed by atoms with Gasteiger partial charge in [0.25, 0.3) is 11.8 Å². The van der Waals surface area contributed by atoms with E-state index in [4.69, 9.17) is 0 Å². The van der Waals surface area contributed by atoms with E-state index in [-0.39, 0.29) is 23.6 Å². The molecule has 3 aromatic rings. The Bertz CT molecular complexity index is 1050. The van der Waals surface area contributed by atoms with E-state index in [2.05, 4.69) is 15.3 Å². The maximum absolute atomic E-state index is 12.9. The van der Waals surface area contributed by atoms with Gasteiger partial charge >= 0.3 is 0 Å². The molecule has 0 fully saturated rings. The second-order valence-electron chi connectivity index (χ2n) is 6.91. The van der Waals surface area contributed by atoms with Crippen LogP contribution >= 0.6 is 0 Å². The lowest BCUT2D eigenvalue weighted by molar-refractivity contribution is 0.0637. The first-order valence-corrected chi connectivity index (χ1v) is 9.38. The fourth-order valence-corrected chi connectivity index (χ4v) is 3.45. The van der Waals surface area contributed by atoms with E-state index in [1.54, 1.807) is 29.4 Å². The highest BCUT2D eigenvalue weighted by Crippen LogP contribution is 2.27. The van der Waals surface area contributed by atoms with Gasteiger partial charge in [0, 0.05) is 31.0 Å². The number of nitrogens with one attached hydrogen (secondary N) is 1. The summed E-state index contributed by atoms with van der Waals surface area (Å²) in [5.74, 6) is 0.251. The van der Waals surface area contributed by atoms with Crippen LogP contribution in [0.5, 0.6) is 5.75 Å². The Balaban J connectivity index is 1.48. The van der Waals surface area contributed by atoms with Gasteiger partial charge in [-0.2, -0.15) is 0 Å². The number of pyridine rings is 1. The van der Waals surface area contributed by atoms with Crippen LogP contribution in [-0.2, 0) is 13.1 Å². The molecule has 1 aliphatic rings. The van der Waals surface area contributed by atoms with Gasteiger partial charge in [0.15, 0.2) is 0 Å². The molecule has 0 aliphatic carbocycles. The van der Waals surface area contributed by atoms with Gasteiger partial charge in [-0.3, -0.25) is 14.6 Å². The van der Waals surface area contributed by atoms with E-state index in [1.165, 1.54) is 12.1 Å². The fourth-order valence-electron chi connectivity index (χ4n) is 3.45. The van der Waals surface area contributed by atoms with Gasteiger partial charge in [0.2, 0.25) is 0 Å². The molecule has 2 aromatic heterocycles. The molecule has 0 saturated carbocycles. The monoisotopic (exact) mass is 391 g/mol. The molecule has 0 unspecified atom stereocenters. The summed E-state index contributed by atoms with van der Waals surface area (Å²) in [5, 5.41) is 12.5. The molecule has 8 nitrogen and oxygen atoms in total. The number of nitrogens with zero attached hydrogens (tertiary/aromatic N) is 4. The van der Waals surface area contributed by atoms with Crippen LogP contribution in [0.4, 0.5) is 0 Å². The molecule has 4 rings (SSSR count). The van der Waals surface area contributed by atoms with Crippen LogP contribution in [0, 0.1) is 0 Å². The highest BCUT2D eigenvalue weighted by atomic mass is 16.3. The topological polar surface area (TPSA) is 100 Å². The van der Waals surface area contributed by atoms with E-state index >= 15 is 0 Å². The predicted octanol–water partition coefficient (Wildman–Crippen LogP) is 2.13. The minimum absolute atomic E-state index is 0.0499. The number of amides is 2. The fraction of sp³-hybridized carbons (Fsp3) is 0.238. The van der Waals surface area contributed by atoms with Gasteiger partial charge < -0.3 is 19.9 Å². The molecule has 3 heterocycles. The number of carbonyl (C=O) groups excluding carboxylic acids is 2. The van der Waals surface area contributed by atoms with Gasteiger partial charge in [-0.05, 0) is 37.3 Å². The third kappa shape index (κ3) is 3.82. The van der Waals surface area contributed by atoms with E-state index < -0.39 is 0 Å². The van der Waals surface area contributed by atoms with Crippen molar-refractivity contribution in [3.8, 4) is 5.75 Å². The average molecular weight is 391 g/mol. The number of imidazole rings is 1. The lowest BCUT2D eigenvalue weighted by Gasteiger charge is -2.33. The van der Waals surface area contributed by atoms with Crippen molar-refractivity contribution < 1.29 is 14.7 Å². The Morgan fingerprint density at radius 1 is 1.21 bits per heavy atom. The molecule has 0 spiro atoms. The van der Waals surface area contributed by atoms with E-state index in [0.717, 1.165) is 5.69 Å². The zero-order valence-corrected chi connectivity index (χ0v) is 15.9. The summed E-state index contributed by atoms with van der Waals surface area (Å²) in [5.41, 5.74) is 1.50. The summed E-state index contributed by atoms with van der Waals surface area (Å²) in [4.78, 5) is 35.7. The van der Waals surface area contributed by atoms with Crippen LogP contribution in [0.15, 0.2) is 54.9 Å². The summed E-state index contributed by atoms with van der Waals surface area (Å²) in [6.45, 7) is 3.24. The minimum Gasteiger partial charge on any atom is -0.508 e. The zero-order chi connectivity index (χ0) is 20.4. The highest BCUT2D eigenvalue weighted by molar-refractivity contribution is 5.95. The molecule has 29 heavy (non-hydrogen) atoms. The number of carbonyl (C=O) groups is 2. The van der Waals surface area contributed by atoms with E-state index in [1.807, 2.05) is 29.7 Å². The Kier molecular flexibility index (Phi) is 4.99. The summed E-state index contributed by atoms with van der Waals surface area (Å²) >= 11 is 0. The number of benzene rings is 1. The van der Waals surface area contributed by atoms with Crippen LogP contribution in [-0.4, -0.2) is 42.9 Å². The van der Waals surface area contributed by atoms with Crippen LogP contribution in [0.25, 0.3) is 0 Å². The number of phenols is 1. The lowest BCUT2D eigenvalue weighted by Crippen LogP contribution is -2.41. The van der Waals surface area contributed by atoms with Crippen molar-refractivity contribution in [1.29, 1.82) is 0 Å². The lowest BCUT2D eigenvalue weighted by atomic mass is 10.1. The molecule has 2 N–H and O–H groups in total. The molecule has 148 valence electrons. The number of rotatable bonds is 4. The smallest absolute Gasteiger partial charge is 0.271 e. The number of aromatic nitrogens is 3. The van der Waals surface area contributed by atoms with Crippen molar-refractivity contribution in [1.82, 2.24) is 24.8 Å². The van der Waals surface area contributed by atoms with Crippen molar-refractivity contribution in [3.05, 3.63) is 77.6 Å². The Labute approximate surface area is 167 Å². The number of phenolic OH excluding ortho intramolecular Hbond substituents is 1. The second-order valence-corrected chi connectivity index (χ2v) is 6.91. The second kappa shape index (κ2) is 7.75. The normalized spacial score (nSPS) is 15.6. The molecule has 1 aliphatic heterocycles. The zero-order valence-electron chi connectivity index (χ0n) is 15.9. The van der Waals surface area contributed by atoms with Crippen molar-refractivity contribution in [2.24, 2.45) is 0 Å². The average Bonchev–Trinajstić information content (AvgIpc) is 3.18. The summed E-state index contributed by atoms with van der Waals surface area (Å²) in [6.07, 6.45) is 3.40. The molecule has 0 saturated heterocycles. The standard InChI is InChI=1S/C21H21N5O3/c1-14-19-24-18(20(28)23-12-16-6-2-3-8-22-16)13-25(19)9-10-26(14)21(29)15-5-4-7-17(27)11-15/h2-8,11,13-14,27H,9-10,12H2,1H3,(H,23,28)/t14-/m0/s1. The predicted molar refractivity (Wildman–Crippen MR) is 105 cm³/mol. The molecule has 2 amide bonds. The van der Waals surface area contributed by atoms with Gasteiger partial charge in [0.05, 0.1) is 18.3 Å². The van der Waals surface area contributed by atoms with E-state index in [9.17, 15) is 14.7 Å². The highest BCUT2D eigenvalue weighted by Gasteiger charge is 2.31. The van der Waals surface area contributed by atoms with Gasteiger partial charge in [-0.15, -0.1) is 0 Å². The van der Waals surface area contributed by atoms with Crippen LogP contribution in [0.3, 0.4) is 0 Å². The largest absolute Gasteiger partial charge is 0.508 e. The first kappa shape index (κ1) is 18.7. The van der Waals surface area contributed by atoms with Gasteiger partial charge in [-0.25, -0.2) is 4.98 Å².